The van der Waals surface area contributed by atoms with Crippen molar-refractivity contribution in [2.75, 3.05) is 12.4 Å². The van der Waals surface area contributed by atoms with Gasteiger partial charge in [0, 0.05) is 38.0 Å². The second-order valence-electron chi connectivity index (χ2n) is 5.00. The van der Waals surface area contributed by atoms with E-state index in [1.165, 1.54) is 11.8 Å². The van der Waals surface area contributed by atoms with E-state index in [1.807, 2.05) is 26.2 Å². The van der Waals surface area contributed by atoms with Crippen molar-refractivity contribution in [1.82, 2.24) is 9.55 Å². The maximum absolute atomic E-state index is 11.2. The van der Waals surface area contributed by atoms with Crippen molar-refractivity contribution in [3.63, 3.8) is 0 Å². The van der Waals surface area contributed by atoms with E-state index in [0.717, 1.165) is 33.7 Å². The topological polar surface area (TPSA) is 70.8 Å². The van der Waals surface area contributed by atoms with Crippen molar-refractivity contribution in [2.45, 2.75) is 6.42 Å². The maximum Gasteiger partial charge on any atom is 0.167 e. The number of aryl methyl sites for hydroxylation is 1. The number of rotatable bonds is 5. The molecule has 0 bridgehead atoms. The molecule has 3 aromatic rings. The van der Waals surface area contributed by atoms with Gasteiger partial charge in [-0.05, 0) is 17.7 Å². The van der Waals surface area contributed by atoms with Crippen molar-refractivity contribution in [2.24, 2.45) is 7.05 Å². The molecule has 0 radical (unpaired) electrons. The number of aromatic nitrogens is 2. The quantitative estimate of drug-likeness (QED) is 0.562. The number of hydrogen-bond donors (Lipinski definition) is 2. The highest BCUT2D eigenvalue weighted by Crippen LogP contribution is 2.30. The molecule has 2 heterocycles. The summed E-state index contributed by atoms with van der Waals surface area (Å²) in [6.07, 6.45) is 2.76. The number of hydrogen-bond acceptors (Lipinski definition) is 5. The van der Waals surface area contributed by atoms with Crippen LogP contribution in [0.25, 0.3) is 10.3 Å². The average Bonchev–Trinajstić information content (AvgIpc) is 3.05. The third kappa shape index (κ3) is 2.31. The van der Waals surface area contributed by atoms with Crippen LogP contribution in [0.5, 0.6) is 0 Å². The van der Waals surface area contributed by atoms with Gasteiger partial charge in [0.2, 0.25) is 0 Å². The number of thiazole rings is 1. The van der Waals surface area contributed by atoms with Crippen LogP contribution in [0.3, 0.4) is 0 Å². The van der Waals surface area contributed by atoms with Crippen LogP contribution >= 0.6 is 11.3 Å². The Morgan fingerprint density at radius 2 is 2.09 bits per heavy atom. The van der Waals surface area contributed by atoms with Crippen LogP contribution in [0.1, 0.15) is 26.6 Å². The van der Waals surface area contributed by atoms with Gasteiger partial charge in [-0.1, -0.05) is 12.1 Å². The van der Waals surface area contributed by atoms with E-state index in [9.17, 15) is 4.79 Å². The second kappa shape index (κ2) is 5.73. The van der Waals surface area contributed by atoms with Crippen LogP contribution in [0.15, 0.2) is 24.3 Å². The van der Waals surface area contributed by atoms with E-state index in [4.69, 9.17) is 5.41 Å². The Morgan fingerprint density at radius 1 is 1.36 bits per heavy atom. The van der Waals surface area contributed by atoms with Gasteiger partial charge in [0.25, 0.3) is 0 Å². The number of nitrogens with one attached hydrogen (secondary N) is 2. The fourth-order valence-electron chi connectivity index (χ4n) is 2.49. The molecule has 0 amide bonds. The summed E-state index contributed by atoms with van der Waals surface area (Å²) < 4.78 is 2.66. The van der Waals surface area contributed by atoms with E-state index in [2.05, 4.69) is 22.4 Å². The van der Waals surface area contributed by atoms with E-state index in [1.54, 1.807) is 15.9 Å². The van der Waals surface area contributed by atoms with Crippen molar-refractivity contribution in [1.29, 1.82) is 5.41 Å². The minimum absolute atomic E-state index is 0.508. The fraction of sp³-hybridized carbons (Fsp3) is 0.188. The zero-order valence-corrected chi connectivity index (χ0v) is 13.2. The third-order valence-corrected chi connectivity index (χ3v) is 4.78. The SMILES string of the molecule is CNc1ccc(Cc2nc3c(s2)c(C=N)c(C=O)n3C)cc1. The van der Waals surface area contributed by atoms with Gasteiger partial charge in [-0.25, -0.2) is 4.98 Å². The second-order valence-corrected chi connectivity index (χ2v) is 6.09. The molecule has 112 valence electrons. The summed E-state index contributed by atoms with van der Waals surface area (Å²) in [7, 11) is 3.70. The largest absolute Gasteiger partial charge is 0.388 e. The number of anilines is 1. The molecule has 0 aliphatic carbocycles. The Kier molecular flexibility index (Phi) is 3.77. The lowest BCUT2D eigenvalue weighted by Crippen LogP contribution is -1.98. The van der Waals surface area contributed by atoms with E-state index < -0.39 is 0 Å². The summed E-state index contributed by atoms with van der Waals surface area (Å²) in [5, 5.41) is 11.6. The lowest BCUT2D eigenvalue weighted by Gasteiger charge is -2.02. The van der Waals surface area contributed by atoms with Crippen molar-refractivity contribution in [3.05, 3.63) is 46.1 Å². The van der Waals surface area contributed by atoms with E-state index in [0.29, 0.717) is 11.3 Å². The molecule has 0 fully saturated rings. The van der Waals surface area contributed by atoms with Crippen LogP contribution in [-0.4, -0.2) is 29.1 Å². The molecule has 5 nitrogen and oxygen atoms in total. The molecule has 2 N–H and O–H groups in total. The van der Waals surface area contributed by atoms with Gasteiger partial charge < -0.3 is 15.3 Å². The Balaban J connectivity index is 1.98. The highest BCUT2D eigenvalue weighted by atomic mass is 32.1. The predicted molar refractivity (Wildman–Crippen MR) is 90.7 cm³/mol. The zero-order chi connectivity index (χ0) is 15.7. The molecule has 0 spiro atoms. The monoisotopic (exact) mass is 312 g/mol. The molecule has 6 heteroatoms. The molecular weight excluding hydrogens is 296 g/mol. The van der Waals surface area contributed by atoms with E-state index >= 15 is 0 Å². The molecule has 0 unspecified atom stereocenters. The summed E-state index contributed by atoms with van der Waals surface area (Å²) in [5.41, 5.74) is 4.20. The molecule has 3 rings (SSSR count). The highest BCUT2D eigenvalue weighted by molar-refractivity contribution is 7.19. The predicted octanol–water partition coefficient (Wildman–Crippen LogP) is 3.08. The van der Waals surface area contributed by atoms with Crippen molar-refractivity contribution < 1.29 is 4.79 Å². The van der Waals surface area contributed by atoms with Gasteiger partial charge >= 0.3 is 0 Å². The number of aldehydes is 1. The number of carbonyl (C=O) groups is 1. The molecule has 1 aromatic carbocycles. The zero-order valence-electron chi connectivity index (χ0n) is 12.4. The van der Waals surface area contributed by atoms with Gasteiger partial charge in [0.05, 0.1) is 10.4 Å². The number of carbonyl (C=O) groups excluding carboxylic acids is 1. The number of nitrogens with zero attached hydrogens (tertiary/aromatic N) is 2. The summed E-state index contributed by atoms with van der Waals surface area (Å²) in [5.74, 6) is 0. The summed E-state index contributed by atoms with van der Waals surface area (Å²) in [6, 6.07) is 8.23. The van der Waals surface area contributed by atoms with Crippen LogP contribution < -0.4 is 5.32 Å². The third-order valence-electron chi connectivity index (χ3n) is 3.71. The van der Waals surface area contributed by atoms with E-state index in [-0.39, 0.29) is 0 Å². The first-order valence-corrected chi connectivity index (χ1v) is 7.70. The molecule has 0 atom stereocenters. The van der Waals surface area contributed by atoms with Crippen LogP contribution in [-0.2, 0) is 13.5 Å². The molecule has 2 aromatic heterocycles. The van der Waals surface area contributed by atoms with Crippen LogP contribution in [0.4, 0.5) is 5.69 Å². The Morgan fingerprint density at radius 3 is 2.68 bits per heavy atom. The summed E-state index contributed by atoms with van der Waals surface area (Å²) >= 11 is 1.55. The van der Waals surface area contributed by atoms with Crippen molar-refractivity contribution in [3.8, 4) is 0 Å². The molecule has 0 aliphatic rings. The Labute approximate surface area is 132 Å². The first kappa shape index (κ1) is 14.5. The Hall–Kier alpha value is -2.47. The van der Waals surface area contributed by atoms with Gasteiger partial charge in [0.15, 0.2) is 11.9 Å². The van der Waals surface area contributed by atoms with Crippen LogP contribution in [0, 0.1) is 5.41 Å². The first-order chi connectivity index (χ1) is 10.7. The maximum atomic E-state index is 11.2. The lowest BCUT2D eigenvalue weighted by atomic mass is 10.1. The number of fused-ring (bicyclic) bond motifs is 1. The fourth-order valence-corrected chi connectivity index (χ4v) is 3.64. The normalized spacial score (nSPS) is 10.8. The van der Waals surface area contributed by atoms with Gasteiger partial charge in [0.1, 0.15) is 5.01 Å². The summed E-state index contributed by atoms with van der Waals surface area (Å²) in [4.78, 5) is 15.8. The van der Waals surface area contributed by atoms with Crippen LogP contribution in [0.2, 0.25) is 0 Å². The Bertz CT molecular complexity index is 845. The van der Waals surface area contributed by atoms with Crippen molar-refractivity contribution >= 4 is 39.9 Å². The van der Waals surface area contributed by atoms with Gasteiger partial charge in [-0.3, -0.25) is 4.79 Å². The average molecular weight is 312 g/mol. The molecule has 22 heavy (non-hydrogen) atoms. The lowest BCUT2D eigenvalue weighted by molar-refractivity contribution is 0.111. The molecule has 0 aliphatic heterocycles. The standard InChI is InChI=1S/C16H16N4OS/c1-18-11-5-3-10(4-6-11)7-14-19-16-15(22-14)12(8-17)13(9-21)20(16)2/h3-6,8-9,17-18H,7H2,1-2H3. The minimum atomic E-state index is 0.508. The molecular formula is C16H16N4OS. The minimum Gasteiger partial charge on any atom is -0.388 e. The highest BCUT2D eigenvalue weighted by Gasteiger charge is 2.17. The number of benzene rings is 1. The smallest absolute Gasteiger partial charge is 0.167 e. The van der Waals surface area contributed by atoms with Gasteiger partial charge in [-0.15, -0.1) is 11.3 Å². The molecule has 0 saturated heterocycles. The summed E-state index contributed by atoms with van der Waals surface area (Å²) in [6.45, 7) is 0. The molecule has 0 saturated carbocycles. The van der Waals surface area contributed by atoms with Gasteiger partial charge in [-0.2, -0.15) is 0 Å². The first-order valence-electron chi connectivity index (χ1n) is 6.88.